The highest BCUT2D eigenvalue weighted by molar-refractivity contribution is 5.29. The van der Waals surface area contributed by atoms with Crippen molar-refractivity contribution in [3.8, 4) is 5.69 Å². The standard InChI is InChI=1S/C21H22N6/c1-25(15-19-16-27(24-23-19)20-10-6-3-7-11-20)17-21-22-12-13-26(21)14-18-8-4-2-5-9-18/h2-13,16H,14-15,17H2,1H3. The minimum atomic E-state index is 0.713. The minimum Gasteiger partial charge on any atom is -0.329 e. The molecule has 0 N–H and O–H groups in total. The van der Waals surface area contributed by atoms with Gasteiger partial charge in [0.25, 0.3) is 0 Å². The van der Waals surface area contributed by atoms with Crippen LogP contribution >= 0.6 is 0 Å². The third kappa shape index (κ3) is 4.30. The van der Waals surface area contributed by atoms with E-state index < -0.39 is 0 Å². The van der Waals surface area contributed by atoms with E-state index >= 15 is 0 Å². The number of benzene rings is 2. The average molecular weight is 358 g/mol. The lowest BCUT2D eigenvalue weighted by molar-refractivity contribution is 0.302. The van der Waals surface area contributed by atoms with Crippen LogP contribution in [0.15, 0.2) is 79.3 Å². The fourth-order valence-electron chi connectivity index (χ4n) is 3.07. The normalized spacial score (nSPS) is 11.2. The molecule has 6 nitrogen and oxygen atoms in total. The van der Waals surface area contributed by atoms with Crippen LogP contribution in [0.4, 0.5) is 0 Å². The van der Waals surface area contributed by atoms with E-state index in [-0.39, 0.29) is 0 Å². The van der Waals surface area contributed by atoms with E-state index in [1.54, 1.807) is 4.68 Å². The van der Waals surface area contributed by atoms with Crippen LogP contribution in [0.2, 0.25) is 0 Å². The van der Waals surface area contributed by atoms with Gasteiger partial charge in [0.15, 0.2) is 0 Å². The summed E-state index contributed by atoms with van der Waals surface area (Å²) in [5.41, 5.74) is 3.21. The van der Waals surface area contributed by atoms with Crippen LogP contribution in [0, 0.1) is 0 Å². The van der Waals surface area contributed by atoms with Gasteiger partial charge in [0.05, 0.1) is 24.1 Å². The van der Waals surface area contributed by atoms with Gasteiger partial charge in [-0.3, -0.25) is 4.90 Å². The van der Waals surface area contributed by atoms with E-state index in [2.05, 4.69) is 56.1 Å². The molecule has 0 aliphatic rings. The van der Waals surface area contributed by atoms with Gasteiger partial charge in [-0.1, -0.05) is 53.7 Å². The zero-order chi connectivity index (χ0) is 18.5. The Morgan fingerprint density at radius 3 is 2.44 bits per heavy atom. The Labute approximate surface area is 158 Å². The number of rotatable bonds is 7. The summed E-state index contributed by atoms with van der Waals surface area (Å²) >= 11 is 0. The first-order chi connectivity index (χ1) is 13.3. The van der Waals surface area contributed by atoms with Crippen LogP contribution in [-0.4, -0.2) is 36.5 Å². The van der Waals surface area contributed by atoms with E-state index in [9.17, 15) is 0 Å². The van der Waals surface area contributed by atoms with E-state index in [0.29, 0.717) is 6.54 Å². The summed E-state index contributed by atoms with van der Waals surface area (Å²) in [6.07, 6.45) is 5.86. The summed E-state index contributed by atoms with van der Waals surface area (Å²) in [6.45, 7) is 2.29. The average Bonchev–Trinajstić information content (AvgIpc) is 3.33. The number of para-hydroxylation sites is 1. The van der Waals surface area contributed by atoms with Gasteiger partial charge in [0.1, 0.15) is 5.82 Å². The number of hydrogen-bond donors (Lipinski definition) is 0. The van der Waals surface area contributed by atoms with Crippen molar-refractivity contribution >= 4 is 0 Å². The molecule has 0 saturated heterocycles. The first kappa shape index (κ1) is 17.2. The molecule has 4 rings (SSSR count). The highest BCUT2D eigenvalue weighted by Crippen LogP contribution is 2.10. The van der Waals surface area contributed by atoms with E-state index in [4.69, 9.17) is 0 Å². The van der Waals surface area contributed by atoms with E-state index in [1.807, 2.05) is 55.0 Å². The fraction of sp³-hybridized carbons (Fsp3) is 0.190. The van der Waals surface area contributed by atoms with Gasteiger partial charge in [-0.2, -0.15) is 0 Å². The lowest BCUT2D eigenvalue weighted by Gasteiger charge is -2.16. The summed E-state index contributed by atoms with van der Waals surface area (Å²) in [4.78, 5) is 6.72. The Hall–Kier alpha value is -3.25. The topological polar surface area (TPSA) is 51.8 Å². The number of aromatic nitrogens is 5. The third-order valence-corrected chi connectivity index (χ3v) is 4.40. The molecule has 0 atom stereocenters. The van der Waals surface area contributed by atoms with Gasteiger partial charge in [-0.15, -0.1) is 5.10 Å². The zero-order valence-corrected chi connectivity index (χ0v) is 15.3. The van der Waals surface area contributed by atoms with Gasteiger partial charge >= 0.3 is 0 Å². The van der Waals surface area contributed by atoms with Gasteiger partial charge < -0.3 is 4.57 Å². The van der Waals surface area contributed by atoms with Crippen molar-refractivity contribution in [2.24, 2.45) is 0 Å². The first-order valence-corrected chi connectivity index (χ1v) is 8.97. The molecule has 0 spiro atoms. The molecule has 0 saturated carbocycles. The molecule has 0 aliphatic heterocycles. The molecule has 0 aliphatic carbocycles. The zero-order valence-electron chi connectivity index (χ0n) is 15.3. The van der Waals surface area contributed by atoms with Gasteiger partial charge in [0.2, 0.25) is 0 Å². The molecule has 2 aromatic carbocycles. The molecule has 27 heavy (non-hydrogen) atoms. The highest BCUT2D eigenvalue weighted by atomic mass is 15.4. The Bertz CT molecular complexity index is 974. The molecule has 136 valence electrons. The third-order valence-electron chi connectivity index (χ3n) is 4.40. The maximum absolute atomic E-state index is 4.53. The maximum Gasteiger partial charge on any atom is 0.123 e. The van der Waals surface area contributed by atoms with Crippen LogP contribution in [0.25, 0.3) is 5.69 Å². The van der Waals surface area contributed by atoms with Crippen molar-refractivity contribution in [2.45, 2.75) is 19.6 Å². The molecular weight excluding hydrogens is 336 g/mol. The van der Waals surface area contributed by atoms with Crippen molar-refractivity contribution in [3.63, 3.8) is 0 Å². The van der Waals surface area contributed by atoms with E-state index in [0.717, 1.165) is 30.3 Å². The predicted octanol–water partition coefficient (Wildman–Crippen LogP) is 3.14. The molecule has 2 heterocycles. The molecule has 0 bridgehead atoms. The lowest BCUT2D eigenvalue weighted by atomic mass is 10.2. The molecule has 0 radical (unpaired) electrons. The van der Waals surface area contributed by atoms with Gasteiger partial charge in [-0.25, -0.2) is 9.67 Å². The van der Waals surface area contributed by atoms with Crippen molar-refractivity contribution in [2.75, 3.05) is 7.05 Å². The molecule has 0 amide bonds. The van der Waals surface area contributed by atoms with Crippen LogP contribution < -0.4 is 0 Å². The smallest absolute Gasteiger partial charge is 0.123 e. The van der Waals surface area contributed by atoms with Crippen molar-refractivity contribution in [1.29, 1.82) is 0 Å². The molecule has 0 unspecified atom stereocenters. The van der Waals surface area contributed by atoms with Crippen molar-refractivity contribution in [3.05, 3.63) is 96.3 Å². The molecule has 0 fully saturated rings. The molecular formula is C21H22N6. The quantitative estimate of drug-likeness (QED) is 0.509. The number of imidazole rings is 1. The summed E-state index contributed by atoms with van der Waals surface area (Å²) < 4.78 is 3.99. The summed E-state index contributed by atoms with van der Waals surface area (Å²) in [7, 11) is 2.07. The highest BCUT2D eigenvalue weighted by Gasteiger charge is 2.10. The van der Waals surface area contributed by atoms with Crippen LogP contribution in [-0.2, 0) is 19.6 Å². The Morgan fingerprint density at radius 2 is 1.67 bits per heavy atom. The number of nitrogens with zero attached hydrogens (tertiary/aromatic N) is 6. The van der Waals surface area contributed by atoms with Crippen LogP contribution in [0.1, 0.15) is 17.1 Å². The fourth-order valence-corrected chi connectivity index (χ4v) is 3.07. The SMILES string of the molecule is CN(Cc1cn(-c2ccccc2)nn1)Cc1nccn1Cc1ccccc1. The van der Waals surface area contributed by atoms with Gasteiger partial charge in [-0.05, 0) is 24.7 Å². The van der Waals surface area contributed by atoms with E-state index in [1.165, 1.54) is 5.56 Å². The predicted molar refractivity (Wildman–Crippen MR) is 104 cm³/mol. The molecule has 6 heteroatoms. The second kappa shape index (κ2) is 7.97. The minimum absolute atomic E-state index is 0.713. The van der Waals surface area contributed by atoms with Gasteiger partial charge in [0, 0.05) is 25.5 Å². The van der Waals surface area contributed by atoms with Crippen molar-refractivity contribution in [1.82, 2.24) is 29.4 Å². The molecule has 4 aromatic rings. The Balaban J connectivity index is 1.40. The second-order valence-electron chi connectivity index (χ2n) is 6.62. The van der Waals surface area contributed by atoms with Crippen LogP contribution in [0.5, 0.6) is 0 Å². The summed E-state index contributed by atoms with van der Waals surface area (Å²) in [6, 6.07) is 20.4. The monoisotopic (exact) mass is 358 g/mol. The summed E-state index contributed by atoms with van der Waals surface area (Å²) in [5.74, 6) is 1.04. The Kier molecular flexibility index (Phi) is 5.07. The second-order valence-corrected chi connectivity index (χ2v) is 6.62. The van der Waals surface area contributed by atoms with Crippen LogP contribution in [0.3, 0.4) is 0 Å². The summed E-state index contributed by atoms with van der Waals surface area (Å²) in [5, 5.41) is 8.53. The largest absolute Gasteiger partial charge is 0.329 e. The maximum atomic E-state index is 4.53. The first-order valence-electron chi connectivity index (χ1n) is 8.97. The number of hydrogen-bond acceptors (Lipinski definition) is 4. The molecule has 2 aromatic heterocycles. The Morgan fingerprint density at radius 1 is 0.926 bits per heavy atom. The lowest BCUT2D eigenvalue weighted by Crippen LogP contribution is -2.20. The van der Waals surface area contributed by atoms with Crippen molar-refractivity contribution < 1.29 is 0 Å².